The summed E-state index contributed by atoms with van der Waals surface area (Å²) in [6.45, 7) is 6.51. The topological polar surface area (TPSA) is 66.5 Å². The summed E-state index contributed by atoms with van der Waals surface area (Å²) >= 11 is 0. The Balaban J connectivity index is 1.56. The minimum Gasteiger partial charge on any atom is -0.352 e. The van der Waals surface area contributed by atoms with Crippen molar-refractivity contribution < 1.29 is 13.2 Å². The summed E-state index contributed by atoms with van der Waals surface area (Å²) in [5.74, 6) is -0.000661. The van der Waals surface area contributed by atoms with Gasteiger partial charge in [0.1, 0.15) is 0 Å². The molecule has 1 aromatic rings. The van der Waals surface area contributed by atoms with Gasteiger partial charge in [-0.25, -0.2) is 8.42 Å². The largest absolute Gasteiger partial charge is 0.352 e. The molecule has 1 amide bonds. The van der Waals surface area contributed by atoms with E-state index in [1.807, 2.05) is 32.0 Å². The number of nitrogens with one attached hydrogen (secondary N) is 1. The molecule has 0 radical (unpaired) electrons. The maximum absolute atomic E-state index is 12.9. The summed E-state index contributed by atoms with van der Waals surface area (Å²) in [5, 5.41) is 3.03. The summed E-state index contributed by atoms with van der Waals surface area (Å²) in [7, 11) is -3.15. The van der Waals surface area contributed by atoms with Crippen molar-refractivity contribution in [2.75, 3.05) is 19.3 Å². The molecule has 5 nitrogen and oxygen atoms in total. The third kappa shape index (κ3) is 3.81. The van der Waals surface area contributed by atoms with E-state index in [2.05, 4.69) is 22.3 Å². The van der Waals surface area contributed by atoms with E-state index in [0.29, 0.717) is 12.8 Å². The average molecular weight is 379 g/mol. The van der Waals surface area contributed by atoms with Crippen molar-refractivity contribution >= 4 is 15.7 Å². The van der Waals surface area contributed by atoms with E-state index in [1.54, 1.807) is 0 Å². The van der Waals surface area contributed by atoms with Gasteiger partial charge in [-0.2, -0.15) is 0 Å². The average Bonchev–Trinajstić information content (AvgIpc) is 3.40. The molecule has 1 aromatic carbocycles. The zero-order chi connectivity index (χ0) is 19.0. The molecule has 1 N–H and O–H groups in total. The Bertz CT molecular complexity index is 749. The molecule has 0 aromatic heterocycles. The number of rotatable bonds is 6. The zero-order valence-electron chi connectivity index (χ0n) is 16.0. The van der Waals surface area contributed by atoms with Crippen molar-refractivity contribution in [3.63, 3.8) is 0 Å². The van der Waals surface area contributed by atoms with Gasteiger partial charge in [0, 0.05) is 24.3 Å². The van der Waals surface area contributed by atoms with E-state index >= 15 is 0 Å². The van der Waals surface area contributed by atoms with Crippen LogP contribution in [0.4, 0.5) is 0 Å². The number of nitrogens with zero attached hydrogens (tertiary/aromatic N) is 1. The van der Waals surface area contributed by atoms with Crippen LogP contribution in [0.1, 0.15) is 45.1 Å². The lowest BCUT2D eigenvalue weighted by atomic mass is 9.79. The molecule has 1 aliphatic carbocycles. The highest BCUT2D eigenvalue weighted by atomic mass is 32.2. The summed E-state index contributed by atoms with van der Waals surface area (Å²) in [5.41, 5.74) is 0.868. The molecule has 6 heteroatoms. The Morgan fingerprint density at radius 1 is 1.15 bits per heavy atom. The molecular formula is C20H30N2O3S. The highest BCUT2D eigenvalue weighted by molar-refractivity contribution is 7.92. The van der Waals surface area contributed by atoms with Crippen molar-refractivity contribution in [2.45, 2.75) is 56.9 Å². The van der Waals surface area contributed by atoms with Crippen molar-refractivity contribution in [1.82, 2.24) is 10.2 Å². The van der Waals surface area contributed by atoms with Crippen LogP contribution < -0.4 is 5.32 Å². The van der Waals surface area contributed by atoms with Crippen molar-refractivity contribution in [3.05, 3.63) is 35.9 Å². The summed E-state index contributed by atoms with van der Waals surface area (Å²) in [6.07, 6.45) is 4.17. The van der Waals surface area contributed by atoms with Gasteiger partial charge in [-0.3, -0.25) is 9.69 Å². The predicted octanol–water partition coefficient (Wildman–Crippen LogP) is 2.37. The summed E-state index contributed by atoms with van der Waals surface area (Å²) in [4.78, 5) is 15.3. The first kappa shape index (κ1) is 19.4. The van der Waals surface area contributed by atoms with Crippen molar-refractivity contribution in [1.29, 1.82) is 0 Å². The number of carbonyl (C=O) groups is 1. The fourth-order valence-corrected chi connectivity index (χ4v) is 5.57. The van der Waals surface area contributed by atoms with Crippen LogP contribution in [-0.2, 0) is 21.2 Å². The molecule has 1 atom stereocenters. The Morgan fingerprint density at radius 2 is 1.73 bits per heavy atom. The van der Waals surface area contributed by atoms with E-state index in [9.17, 15) is 13.2 Å². The Labute approximate surface area is 157 Å². The van der Waals surface area contributed by atoms with Gasteiger partial charge in [0.2, 0.25) is 5.91 Å². The Morgan fingerprint density at radius 3 is 2.23 bits per heavy atom. The lowest BCUT2D eigenvalue weighted by Crippen LogP contribution is -2.53. The van der Waals surface area contributed by atoms with Crippen LogP contribution in [0.5, 0.6) is 0 Å². The van der Waals surface area contributed by atoms with Crippen LogP contribution in [0, 0.1) is 5.41 Å². The van der Waals surface area contributed by atoms with Gasteiger partial charge < -0.3 is 5.32 Å². The third-order valence-corrected chi connectivity index (χ3v) is 8.61. The van der Waals surface area contributed by atoms with E-state index in [4.69, 9.17) is 0 Å². The van der Waals surface area contributed by atoms with E-state index in [-0.39, 0.29) is 11.9 Å². The van der Waals surface area contributed by atoms with E-state index in [1.165, 1.54) is 11.8 Å². The fraction of sp³-hybridized carbons (Fsp3) is 0.650. The number of carbonyl (C=O) groups excluding carboxylic acids is 1. The Hall–Kier alpha value is -1.40. The Kier molecular flexibility index (Phi) is 5.19. The summed E-state index contributed by atoms with van der Waals surface area (Å²) in [6, 6.07) is 10.0. The van der Waals surface area contributed by atoms with E-state index < -0.39 is 20.0 Å². The number of hydrogen-bond donors (Lipinski definition) is 1. The number of sulfone groups is 1. The highest BCUT2D eigenvalue weighted by Gasteiger charge is 2.57. The molecule has 1 aliphatic heterocycles. The molecule has 1 saturated heterocycles. The van der Waals surface area contributed by atoms with Gasteiger partial charge in [0.25, 0.3) is 0 Å². The molecular weight excluding hydrogens is 348 g/mol. The van der Waals surface area contributed by atoms with Crippen LogP contribution in [-0.4, -0.2) is 49.4 Å². The maximum atomic E-state index is 12.9. The number of benzene rings is 1. The number of likely N-dealkylation sites (tertiary alicyclic amines) is 1. The standard InChI is InChI=1S/C20H30N2O3S/c1-16(20(9-10-20)26(3,24)25)21-18(23)19(2)11-13-22(14-12-19)15-17-7-5-4-6-8-17/h4-8,16H,9-15H2,1-3H3,(H,21,23). The molecule has 1 unspecified atom stereocenters. The number of hydrogen-bond acceptors (Lipinski definition) is 4. The normalized spacial score (nSPS) is 23.2. The molecule has 0 spiro atoms. The second kappa shape index (κ2) is 6.97. The second-order valence-corrected chi connectivity index (χ2v) is 10.7. The highest BCUT2D eigenvalue weighted by Crippen LogP contribution is 2.46. The van der Waals surface area contributed by atoms with Gasteiger partial charge in [0.05, 0.1) is 4.75 Å². The lowest BCUT2D eigenvalue weighted by molar-refractivity contribution is -0.133. The molecule has 1 heterocycles. The van der Waals surface area contributed by atoms with Crippen LogP contribution in [0.15, 0.2) is 30.3 Å². The summed E-state index contributed by atoms with van der Waals surface area (Å²) < 4.78 is 23.4. The lowest BCUT2D eigenvalue weighted by Gasteiger charge is -2.39. The van der Waals surface area contributed by atoms with Gasteiger partial charge in [-0.15, -0.1) is 0 Å². The van der Waals surface area contributed by atoms with Gasteiger partial charge in [0.15, 0.2) is 9.84 Å². The van der Waals surface area contributed by atoms with Crippen molar-refractivity contribution in [3.8, 4) is 0 Å². The SMILES string of the molecule is CC(NC(=O)C1(C)CCN(Cc2ccccc2)CC1)C1(S(C)(=O)=O)CC1. The quantitative estimate of drug-likeness (QED) is 0.825. The molecule has 1 saturated carbocycles. The zero-order valence-corrected chi connectivity index (χ0v) is 16.8. The maximum Gasteiger partial charge on any atom is 0.226 e. The molecule has 144 valence electrons. The minimum atomic E-state index is -3.15. The molecule has 0 bridgehead atoms. The van der Waals surface area contributed by atoms with Crippen LogP contribution in [0.3, 0.4) is 0 Å². The van der Waals surface area contributed by atoms with Crippen LogP contribution >= 0.6 is 0 Å². The predicted molar refractivity (Wildman–Crippen MR) is 103 cm³/mol. The van der Waals surface area contributed by atoms with Gasteiger partial charge in [-0.05, 0) is 51.3 Å². The minimum absolute atomic E-state index is 0.000661. The fourth-order valence-electron chi connectivity index (χ4n) is 4.02. The van der Waals surface area contributed by atoms with Gasteiger partial charge >= 0.3 is 0 Å². The molecule has 2 aliphatic rings. The van der Waals surface area contributed by atoms with Gasteiger partial charge in [-0.1, -0.05) is 37.3 Å². The van der Waals surface area contributed by atoms with Crippen LogP contribution in [0.25, 0.3) is 0 Å². The second-order valence-electron chi connectivity index (χ2n) is 8.35. The number of amides is 1. The molecule has 3 rings (SSSR count). The molecule has 2 fully saturated rings. The third-order valence-electron chi connectivity index (χ3n) is 6.37. The molecule has 26 heavy (non-hydrogen) atoms. The van der Waals surface area contributed by atoms with Crippen LogP contribution in [0.2, 0.25) is 0 Å². The van der Waals surface area contributed by atoms with E-state index in [0.717, 1.165) is 32.5 Å². The smallest absolute Gasteiger partial charge is 0.226 e. The monoisotopic (exact) mass is 378 g/mol. The first-order valence-electron chi connectivity index (χ1n) is 9.43. The first-order valence-corrected chi connectivity index (χ1v) is 11.3. The van der Waals surface area contributed by atoms with Crippen molar-refractivity contribution in [2.24, 2.45) is 5.41 Å². The first-order chi connectivity index (χ1) is 12.2. The number of piperidine rings is 1.